The van der Waals surface area contributed by atoms with E-state index >= 15 is 0 Å². The molecule has 0 aliphatic carbocycles. The lowest BCUT2D eigenvalue weighted by molar-refractivity contribution is -0.636. The second-order valence-corrected chi connectivity index (χ2v) is 1.79. The van der Waals surface area contributed by atoms with Gasteiger partial charge in [-0.2, -0.15) is 0 Å². The summed E-state index contributed by atoms with van der Waals surface area (Å²) in [5.74, 6) is 0. The molecule has 0 radical (unpaired) electrons. The molecule has 0 saturated heterocycles. The maximum atomic E-state index is 10.4. The van der Waals surface area contributed by atoms with E-state index in [1.165, 1.54) is 17.4 Å². The summed E-state index contributed by atoms with van der Waals surface area (Å²) >= 11 is 0. The summed E-state index contributed by atoms with van der Waals surface area (Å²) in [4.78, 5) is -0.129. The molecule has 6 N–H and O–H groups in total. The Bertz CT molecular complexity index is 169. The second-order valence-electron chi connectivity index (χ2n) is 1.79. The first-order valence-electron chi connectivity index (χ1n) is 3.18. The van der Waals surface area contributed by atoms with Crippen LogP contribution in [0.1, 0.15) is 0 Å². The molecule has 0 bridgehead atoms. The Morgan fingerprint density at radius 2 is 2.42 bits per heavy atom. The average Bonchev–Trinajstić information content (AvgIpc) is 2.05. The number of hydrogen-bond acceptors (Lipinski definition) is 5. The summed E-state index contributed by atoms with van der Waals surface area (Å²) in [6.45, 7) is 0.693. The number of rotatable bonds is 5. The molecule has 8 heteroatoms. The fourth-order valence-corrected chi connectivity index (χ4v) is 0.531. The predicted octanol–water partition coefficient (Wildman–Crippen LogP) is -1.55. The van der Waals surface area contributed by atoms with E-state index in [2.05, 4.69) is 10.8 Å². The Labute approximate surface area is 69.2 Å². The fraction of sp³-hybridized carbons (Fsp3) is 0.500. The first kappa shape index (κ1) is 10.3. The van der Waals surface area contributed by atoms with Crippen LogP contribution in [0.25, 0.3) is 0 Å². The molecule has 0 aromatic carbocycles. The van der Waals surface area contributed by atoms with Crippen LogP contribution in [0.3, 0.4) is 0 Å². The van der Waals surface area contributed by atoms with Gasteiger partial charge in [0.1, 0.15) is 0 Å². The first-order valence-corrected chi connectivity index (χ1v) is 3.18. The van der Waals surface area contributed by atoms with Gasteiger partial charge < -0.3 is 21.9 Å². The minimum absolute atomic E-state index is 0.129. The molecule has 0 aromatic heterocycles. The Balaban J connectivity index is 3.94. The quantitative estimate of drug-likeness (QED) is 0.228. The Morgan fingerprint density at radius 3 is 2.83 bits per heavy atom. The highest BCUT2D eigenvalue weighted by molar-refractivity contribution is 4.73. The van der Waals surface area contributed by atoms with Crippen LogP contribution >= 0.6 is 0 Å². The third kappa shape index (κ3) is 4.17. The third-order valence-electron chi connectivity index (χ3n) is 0.931. The molecule has 0 spiro atoms. The zero-order valence-corrected chi connectivity index (χ0v) is 6.42. The smallest absolute Gasteiger partial charge is 0.232 e. The number of nitrogens with zero attached hydrogens (tertiary/aromatic N) is 3. The van der Waals surface area contributed by atoms with Gasteiger partial charge in [0, 0.05) is 18.9 Å². The molecule has 0 heterocycles. The monoisotopic (exact) mass is 176 g/mol. The van der Waals surface area contributed by atoms with Crippen LogP contribution in [0, 0.1) is 5.21 Å². The van der Waals surface area contributed by atoms with Gasteiger partial charge in [-0.25, -0.2) is 5.01 Å². The molecule has 0 rings (SSSR count). The van der Waals surface area contributed by atoms with Crippen LogP contribution in [0.4, 0.5) is 0 Å². The lowest BCUT2D eigenvalue weighted by atomic mass is 10.6. The van der Waals surface area contributed by atoms with E-state index in [1.807, 2.05) is 0 Å². The van der Waals surface area contributed by atoms with Crippen LogP contribution < -0.4 is 17.0 Å². The van der Waals surface area contributed by atoms with E-state index in [9.17, 15) is 5.21 Å². The van der Waals surface area contributed by atoms with Gasteiger partial charge in [0.15, 0.2) is 0 Å². The molecule has 0 unspecified atom stereocenters. The molecule has 8 nitrogen and oxygen atoms in total. The Kier molecular flexibility index (Phi) is 5.18. The number of hydrogen-bond donors (Lipinski definition) is 4. The van der Waals surface area contributed by atoms with Crippen molar-refractivity contribution < 1.29 is 10.2 Å². The topological polar surface area (TPSA) is 126 Å². The van der Waals surface area contributed by atoms with Gasteiger partial charge in [-0.1, -0.05) is 5.53 Å². The lowest BCUT2D eigenvalue weighted by Crippen LogP contribution is -2.41. The second kappa shape index (κ2) is 6.04. The van der Waals surface area contributed by atoms with Crippen LogP contribution in [0.2, 0.25) is 0 Å². The van der Waals surface area contributed by atoms with E-state index in [1.54, 1.807) is 0 Å². The first-order chi connectivity index (χ1) is 5.74. The van der Waals surface area contributed by atoms with E-state index in [4.69, 9.17) is 16.7 Å². The number of nitrogens with two attached hydrogens (primary N) is 2. The van der Waals surface area contributed by atoms with Gasteiger partial charge in [-0.15, -0.1) is 0 Å². The molecule has 70 valence electrons. The van der Waals surface area contributed by atoms with Crippen molar-refractivity contribution >= 4 is 0 Å². The molecule has 0 saturated carbocycles. The molecular formula is C4H12N6O2. The summed E-state index contributed by atoms with van der Waals surface area (Å²) in [5.41, 5.74) is 12.4. The Morgan fingerprint density at radius 1 is 1.75 bits per heavy atom. The standard InChI is InChI=1S/C4H12N6O2/c5-1-3-9(4-2-6)7-10(12)8-11/h1,3,11H,2,4-6H2,(H,7,8)/b3-1+. The summed E-state index contributed by atoms with van der Waals surface area (Å²) < 4.78 is 0. The predicted molar refractivity (Wildman–Crippen MR) is 40.1 cm³/mol. The zero-order valence-electron chi connectivity index (χ0n) is 6.42. The van der Waals surface area contributed by atoms with Gasteiger partial charge in [0.25, 0.3) is 0 Å². The molecule has 0 fully saturated rings. The SMILES string of the molecule is N/C=C/N(CCN)N/[N+]([O-])=N/O. The van der Waals surface area contributed by atoms with Gasteiger partial charge in [-0.05, 0) is 0 Å². The molecule has 0 aliphatic heterocycles. The van der Waals surface area contributed by atoms with E-state index < -0.39 is 0 Å². The summed E-state index contributed by atoms with van der Waals surface area (Å²) in [6.07, 6.45) is 2.59. The highest BCUT2D eigenvalue weighted by Gasteiger charge is 2.00. The maximum absolute atomic E-state index is 10.4. The molecule has 0 amide bonds. The van der Waals surface area contributed by atoms with Crippen molar-refractivity contribution in [3.63, 3.8) is 0 Å². The molecule has 0 aliphatic rings. The van der Waals surface area contributed by atoms with Crippen molar-refractivity contribution in [3.8, 4) is 0 Å². The van der Waals surface area contributed by atoms with Gasteiger partial charge in [0.2, 0.25) is 5.28 Å². The van der Waals surface area contributed by atoms with Crippen molar-refractivity contribution in [1.82, 2.24) is 10.5 Å². The fourth-order valence-electron chi connectivity index (χ4n) is 0.531. The summed E-state index contributed by atoms with van der Waals surface area (Å²) in [6, 6.07) is 0. The van der Waals surface area contributed by atoms with Crippen molar-refractivity contribution in [2.45, 2.75) is 0 Å². The highest BCUT2D eigenvalue weighted by Crippen LogP contribution is 1.81. The van der Waals surface area contributed by atoms with Crippen LogP contribution in [-0.2, 0) is 0 Å². The molecule has 0 aromatic rings. The van der Waals surface area contributed by atoms with E-state index in [0.717, 1.165) is 0 Å². The van der Waals surface area contributed by atoms with Crippen molar-refractivity contribution in [2.75, 3.05) is 13.1 Å². The largest absolute Gasteiger partial charge is 0.568 e. The minimum atomic E-state index is -0.129. The normalized spacial score (nSPS) is 11.9. The van der Waals surface area contributed by atoms with Gasteiger partial charge in [0.05, 0.1) is 11.5 Å². The molecular weight excluding hydrogens is 164 g/mol. The Hall–Kier alpha value is -1.70. The average molecular weight is 176 g/mol. The van der Waals surface area contributed by atoms with Crippen molar-refractivity contribution in [2.24, 2.45) is 16.7 Å². The summed E-state index contributed by atoms with van der Waals surface area (Å²) in [5, 5.41) is 22.0. The maximum Gasteiger partial charge on any atom is 0.232 e. The van der Waals surface area contributed by atoms with Gasteiger partial charge in [-0.3, -0.25) is 0 Å². The summed E-state index contributed by atoms with van der Waals surface area (Å²) in [7, 11) is 0. The van der Waals surface area contributed by atoms with E-state index in [0.29, 0.717) is 13.1 Å². The third-order valence-corrected chi connectivity index (χ3v) is 0.931. The highest BCUT2D eigenvalue weighted by atomic mass is 16.6. The van der Waals surface area contributed by atoms with E-state index in [-0.39, 0.29) is 4.97 Å². The van der Waals surface area contributed by atoms with Crippen molar-refractivity contribution in [1.29, 1.82) is 0 Å². The van der Waals surface area contributed by atoms with Crippen LogP contribution in [0.5, 0.6) is 0 Å². The zero-order chi connectivity index (χ0) is 9.40. The van der Waals surface area contributed by atoms with Crippen LogP contribution in [0.15, 0.2) is 17.7 Å². The number of hydrazine groups is 2. The van der Waals surface area contributed by atoms with Crippen molar-refractivity contribution in [3.05, 3.63) is 17.6 Å². The molecule has 0 atom stereocenters. The lowest BCUT2D eigenvalue weighted by Gasteiger charge is -2.15. The van der Waals surface area contributed by atoms with Crippen LogP contribution in [-0.4, -0.2) is 28.3 Å². The minimum Gasteiger partial charge on any atom is -0.568 e. The molecule has 12 heavy (non-hydrogen) atoms. The number of nitrogens with one attached hydrogen (secondary N) is 1. The van der Waals surface area contributed by atoms with Gasteiger partial charge >= 0.3 is 0 Å².